The Kier molecular flexibility index (Phi) is 4.64. The van der Waals surface area contributed by atoms with Gasteiger partial charge in [0.05, 0.1) is 6.54 Å². The third-order valence-electron chi connectivity index (χ3n) is 5.07. The molecule has 8 heteroatoms. The number of carbonyl (C=O) groups is 2. The SMILES string of the molecule is Cc1ccc([C@]2(c3ccccc3)NC(=O)N(Cc3nnsc3Cl)C2=O)cc1C. The summed E-state index contributed by atoms with van der Waals surface area (Å²) in [6, 6.07) is 14.5. The molecule has 3 aromatic rings. The quantitative estimate of drug-likeness (QED) is 0.661. The van der Waals surface area contributed by atoms with Crippen LogP contribution in [0.25, 0.3) is 0 Å². The summed E-state index contributed by atoms with van der Waals surface area (Å²) in [5.74, 6) is -0.365. The summed E-state index contributed by atoms with van der Waals surface area (Å²) in [6.07, 6.45) is 0. The van der Waals surface area contributed by atoms with Gasteiger partial charge in [-0.2, -0.15) is 0 Å². The monoisotopic (exact) mass is 412 g/mol. The lowest BCUT2D eigenvalue weighted by molar-refractivity contribution is -0.130. The predicted octanol–water partition coefficient (Wildman–Crippen LogP) is 3.80. The Labute approximate surface area is 171 Å². The molecule has 1 aliphatic rings. The zero-order valence-corrected chi connectivity index (χ0v) is 16.8. The van der Waals surface area contributed by atoms with Crippen LogP contribution in [0.4, 0.5) is 4.79 Å². The smallest absolute Gasteiger partial charge is 0.315 e. The summed E-state index contributed by atoms with van der Waals surface area (Å²) < 4.78 is 4.14. The van der Waals surface area contributed by atoms with E-state index in [9.17, 15) is 9.59 Å². The van der Waals surface area contributed by atoms with Crippen LogP contribution in [-0.2, 0) is 16.9 Å². The largest absolute Gasteiger partial charge is 0.325 e. The van der Waals surface area contributed by atoms with Crippen molar-refractivity contribution in [3.05, 3.63) is 80.8 Å². The maximum Gasteiger partial charge on any atom is 0.325 e. The van der Waals surface area contributed by atoms with Crippen LogP contribution in [0, 0.1) is 13.8 Å². The fraction of sp³-hybridized carbons (Fsp3) is 0.200. The zero-order valence-electron chi connectivity index (χ0n) is 15.3. The van der Waals surface area contributed by atoms with Gasteiger partial charge in [-0.15, -0.1) is 5.10 Å². The second-order valence-corrected chi connectivity index (χ2v) is 8.09. The molecule has 0 saturated carbocycles. The Morgan fingerprint density at radius 1 is 1.07 bits per heavy atom. The van der Waals surface area contributed by atoms with E-state index in [1.54, 1.807) is 0 Å². The highest BCUT2D eigenvalue weighted by Crippen LogP contribution is 2.37. The van der Waals surface area contributed by atoms with E-state index < -0.39 is 11.6 Å². The maximum atomic E-state index is 13.6. The highest BCUT2D eigenvalue weighted by Gasteiger charge is 2.54. The number of hydrogen-bond donors (Lipinski definition) is 1. The Morgan fingerprint density at radius 2 is 1.82 bits per heavy atom. The van der Waals surface area contributed by atoms with Crippen molar-refractivity contribution in [1.29, 1.82) is 0 Å². The number of halogens is 1. The number of carbonyl (C=O) groups excluding carboxylic acids is 2. The van der Waals surface area contributed by atoms with Crippen molar-refractivity contribution >= 4 is 35.1 Å². The lowest BCUT2D eigenvalue weighted by atomic mass is 9.81. The molecule has 2 heterocycles. The van der Waals surface area contributed by atoms with Crippen LogP contribution >= 0.6 is 23.1 Å². The van der Waals surface area contributed by atoms with E-state index in [2.05, 4.69) is 14.9 Å². The first kappa shape index (κ1) is 18.6. The minimum absolute atomic E-state index is 0.0283. The fourth-order valence-electron chi connectivity index (χ4n) is 3.38. The van der Waals surface area contributed by atoms with Crippen LogP contribution in [0.5, 0.6) is 0 Å². The van der Waals surface area contributed by atoms with Gasteiger partial charge in [-0.25, -0.2) is 4.79 Å². The van der Waals surface area contributed by atoms with Gasteiger partial charge in [-0.05, 0) is 36.1 Å². The molecule has 4 rings (SSSR count). The Hall–Kier alpha value is -2.77. The molecule has 1 fully saturated rings. The van der Waals surface area contributed by atoms with Crippen LogP contribution in [-0.4, -0.2) is 26.4 Å². The molecule has 1 saturated heterocycles. The average Bonchev–Trinajstić information content (AvgIpc) is 3.21. The molecule has 0 radical (unpaired) electrons. The Balaban J connectivity index is 1.85. The first-order valence-electron chi connectivity index (χ1n) is 8.67. The summed E-state index contributed by atoms with van der Waals surface area (Å²) in [7, 11) is 0. The van der Waals surface area contributed by atoms with Gasteiger partial charge in [0.25, 0.3) is 5.91 Å². The molecule has 3 amide bonds. The minimum atomic E-state index is -1.30. The standard InChI is InChI=1S/C20H17ClN4O2S/c1-12-8-9-15(10-13(12)2)20(14-6-4-3-5-7-14)18(26)25(19(27)22-20)11-16-17(21)28-24-23-16/h3-10H,11H2,1-2H3,(H,22,27)/t20-/m0/s1. The van der Waals surface area contributed by atoms with Gasteiger partial charge in [-0.1, -0.05) is 64.6 Å². The first-order chi connectivity index (χ1) is 13.4. The number of hydrogen-bond acceptors (Lipinski definition) is 5. The summed E-state index contributed by atoms with van der Waals surface area (Å²) in [4.78, 5) is 27.6. The molecule has 1 N–H and O–H groups in total. The summed E-state index contributed by atoms with van der Waals surface area (Å²) in [6.45, 7) is 3.96. The number of benzene rings is 2. The molecule has 0 spiro atoms. The van der Waals surface area contributed by atoms with Gasteiger partial charge in [0.2, 0.25) is 0 Å². The minimum Gasteiger partial charge on any atom is -0.315 e. The molecule has 0 aliphatic carbocycles. The van der Waals surface area contributed by atoms with Crippen molar-refractivity contribution in [2.24, 2.45) is 0 Å². The fourth-order valence-corrected chi connectivity index (χ4v) is 3.99. The van der Waals surface area contributed by atoms with Crippen molar-refractivity contribution in [2.75, 3.05) is 0 Å². The van der Waals surface area contributed by atoms with Gasteiger partial charge in [0.15, 0.2) is 5.54 Å². The molecule has 0 bridgehead atoms. The third-order valence-corrected chi connectivity index (χ3v) is 6.05. The molecule has 1 atom stereocenters. The number of urea groups is 1. The molecular formula is C20H17ClN4O2S. The number of nitrogens with zero attached hydrogens (tertiary/aromatic N) is 3. The van der Waals surface area contributed by atoms with E-state index in [0.717, 1.165) is 27.6 Å². The number of rotatable bonds is 4. The number of amides is 3. The number of imide groups is 1. The normalized spacial score (nSPS) is 19.2. The number of aryl methyl sites for hydroxylation is 2. The molecule has 1 aliphatic heterocycles. The number of aromatic nitrogens is 2. The van der Waals surface area contributed by atoms with Crippen molar-refractivity contribution in [3.63, 3.8) is 0 Å². The maximum absolute atomic E-state index is 13.6. The van der Waals surface area contributed by atoms with Gasteiger partial charge in [0.1, 0.15) is 10.0 Å². The van der Waals surface area contributed by atoms with Gasteiger partial charge in [-0.3, -0.25) is 9.69 Å². The van der Waals surface area contributed by atoms with Crippen molar-refractivity contribution in [2.45, 2.75) is 25.9 Å². The summed E-state index contributed by atoms with van der Waals surface area (Å²) in [5.41, 5.74) is 2.67. The van der Waals surface area contributed by atoms with E-state index >= 15 is 0 Å². The van der Waals surface area contributed by atoms with Crippen LogP contribution < -0.4 is 5.32 Å². The molecule has 28 heavy (non-hydrogen) atoms. The predicted molar refractivity (Wildman–Crippen MR) is 107 cm³/mol. The van der Waals surface area contributed by atoms with Crippen LogP contribution in [0.3, 0.4) is 0 Å². The Bertz CT molecular complexity index is 1070. The number of nitrogens with one attached hydrogen (secondary N) is 1. The summed E-state index contributed by atoms with van der Waals surface area (Å²) >= 11 is 7.10. The first-order valence-corrected chi connectivity index (χ1v) is 9.82. The molecule has 1 aromatic heterocycles. The van der Waals surface area contributed by atoms with E-state index in [1.165, 1.54) is 0 Å². The molecule has 0 unspecified atom stereocenters. The highest BCUT2D eigenvalue weighted by molar-refractivity contribution is 7.10. The van der Waals surface area contributed by atoms with Crippen LogP contribution in [0.15, 0.2) is 48.5 Å². The van der Waals surface area contributed by atoms with Crippen molar-refractivity contribution in [1.82, 2.24) is 19.8 Å². The molecule has 2 aromatic carbocycles. The van der Waals surface area contributed by atoms with Gasteiger partial charge >= 0.3 is 6.03 Å². The second kappa shape index (κ2) is 7.00. The zero-order chi connectivity index (χ0) is 19.9. The topological polar surface area (TPSA) is 75.2 Å². The van der Waals surface area contributed by atoms with Crippen LogP contribution in [0.1, 0.15) is 27.9 Å². The van der Waals surface area contributed by atoms with Gasteiger partial charge in [0, 0.05) is 11.5 Å². The molecule has 142 valence electrons. The van der Waals surface area contributed by atoms with E-state index in [-0.39, 0.29) is 12.5 Å². The lowest BCUT2D eigenvalue weighted by Gasteiger charge is -2.28. The van der Waals surface area contributed by atoms with Gasteiger partial charge < -0.3 is 5.32 Å². The molecular weight excluding hydrogens is 396 g/mol. The van der Waals surface area contributed by atoms with Crippen molar-refractivity contribution < 1.29 is 9.59 Å². The average molecular weight is 413 g/mol. The summed E-state index contributed by atoms with van der Waals surface area (Å²) in [5, 5.41) is 6.86. The van der Waals surface area contributed by atoms with Crippen molar-refractivity contribution in [3.8, 4) is 0 Å². The van der Waals surface area contributed by atoms with Crippen LogP contribution in [0.2, 0.25) is 4.34 Å². The Morgan fingerprint density at radius 3 is 2.46 bits per heavy atom. The van der Waals surface area contributed by atoms with E-state index in [1.807, 2.05) is 62.4 Å². The lowest BCUT2D eigenvalue weighted by Crippen LogP contribution is -2.45. The third kappa shape index (κ3) is 2.87. The molecule has 6 nitrogen and oxygen atoms in total. The second-order valence-electron chi connectivity index (χ2n) is 6.73. The van der Waals surface area contributed by atoms with E-state index in [0.29, 0.717) is 21.2 Å². The van der Waals surface area contributed by atoms with E-state index in [4.69, 9.17) is 11.6 Å². The highest BCUT2D eigenvalue weighted by atomic mass is 35.5.